The van der Waals surface area contributed by atoms with Crippen molar-refractivity contribution in [1.29, 1.82) is 0 Å². The average molecular weight is 250 g/mol. The van der Waals surface area contributed by atoms with Crippen LogP contribution in [0.25, 0.3) is 0 Å². The Balaban J connectivity index is 2.35. The summed E-state index contributed by atoms with van der Waals surface area (Å²) < 4.78 is 5.14. The predicted octanol–water partition coefficient (Wildman–Crippen LogP) is 3.13. The van der Waals surface area contributed by atoms with Crippen LogP contribution in [0, 0.1) is 5.92 Å². The van der Waals surface area contributed by atoms with E-state index in [0.29, 0.717) is 19.1 Å². The molecule has 1 aromatic rings. The Morgan fingerprint density at radius 1 is 1.39 bits per heavy atom. The number of hydrogen-bond donors (Lipinski definition) is 2. The van der Waals surface area contributed by atoms with Crippen molar-refractivity contribution < 1.29 is 9.53 Å². The minimum Gasteiger partial charge on any atom is -0.449 e. The van der Waals surface area contributed by atoms with E-state index in [9.17, 15) is 4.79 Å². The third-order valence-electron chi connectivity index (χ3n) is 2.72. The first-order valence-electron chi connectivity index (χ1n) is 6.38. The topological polar surface area (TPSA) is 64.3 Å². The van der Waals surface area contributed by atoms with Gasteiger partial charge in [-0.25, -0.2) is 4.79 Å². The SMILES string of the molecule is CCCC(C)COC(=O)Nc1ccc(CN)cc1. The zero-order valence-electron chi connectivity index (χ0n) is 11.1. The van der Waals surface area contributed by atoms with E-state index in [4.69, 9.17) is 10.5 Å². The van der Waals surface area contributed by atoms with E-state index in [1.54, 1.807) is 0 Å². The van der Waals surface area contributed by atoms with Crippen molar-refractivity contribution in [3.63, 3.8) is 0 Å². The summed E-state index contributed by atoms with van der Waals surface area (Å²) in [4.78, 5) is 11.5. The molecule has 0 bridgehead atoms. The second-order valence-corrected chi connectivity index (χ2v) is 4.52. The second kappa shape index (κ2) is 7.71. The number of hydrogen-bond acceptors (Lipinski definition) is 3. The van der Waals surface area contributed by atoms with Crippen LogP contribution in [-0.2, 0) is 11.3 Å². The van der Waals surface area contributed by atoms with Crippen LogP contribution in [0.4, 0.5) is 10.5 Å². The first kappa shape index (κ1) is 14.5. The van der Waals surface area contributed by atoms with Crippen molar-refractivity contribution in [2.24, 2.45) is 11.7 Å². The highest BCUT2D eigenvalue weighted by Gasteiger charge is 2.06. The first-order valence-corrected chi connectivity index (χ1v) is 6.38. The number of ether oxygens (including phenoxy) is 1. The molecule has 0 aliphatic carbocycles. The molecule has 100 valence electrons. The molecule has 18 heavy (non-hydrogen) atoms. The Hall–Kier alpha value is -1.55. The number of rotatable bonds is 6. The minimum absolute atomic E-state index is 0.403. The standard InChI is InChI=1S/C14H22N2O2/c1-3-4-11(2)10-18-14(17)16-13-7-5-12(9-15)6-8-13/h5-8,11H,3-4,9-10,15H2,1-2H3,(H,16,17). The van der Waals surface area contributed by atoms with E-state index >= 15 is 0 Å². The van der Waals surface area contributed by atoms with Gasteiger partial charge in [0.15, 0.2) is 0 Å². The van der Waals surface area contributed by atoms with Gasteiger partial charge in [0, 0.05) is 12.2 Å². The number of anilines is 1. The molecule has 1 aromatic carbocycles. The molecule has 0 saturated carbocycles. The zero-order valence-corrected chi connectivity index (χ0v) is 11.1. The van der Waals surface area contributed by atoms with Gasteiger partial charge in [-0.1, -0.05) is 32.4 Å². The molecule has 0 radical (unpaired) electrons. The molecule has 0 spiro atoms. The third-order valence-corrected chi connectivity index (χ3v) is 2.72. The van der Waals surface area contributed by atoms with Gasteiger partial charge < -0.3 is 10.5 Å². The minimum atomic E-state index is -0.404. The normalized spacial score (nSPS) is 11.9. The van der Waals surface area contributed by atoms with Gasteiger partial charge in [-0.15, -0.1) is 0 Å². The van der Waals surface area contributed by atoms with Crippen LogP contribution in [0.3, 0.4) is 0 Å². The van der Waals surface area contributed by atoms with Gasteiger partial charge in [0.05, 0.1) is 6.61 Å². The average Bonchev–Trinajstić information content (AvgIpc) is 2.38. The van der Waals surface area contributed by atoms with Gasteiger partial charge >= 0.3 is 6.09 Å². The quantitative estimate of drug-likeness (QED) is 0.815. The summed E-state index contributed by atoms with van der Waals surface area (Å²) in [5.41, 5.74) is 7.25. The van der Waals surface area contributed by atoms with Crippen LogP contribution in [0.1, 0.15) is 32.3 Å². The van der Waals surface area contributed by atoms with Gasteiger partial charge in [0.1, 0.15) is 0 Å². The number of carbonyl (C=O) groups is 1. The maximum atomic E-state index is 11.5. The van der Waals surface area contributed by atoms with Crippen molar-refractivity contribution in [3.05, 3.63) is 29.8 Å². The lowest BCUT2D eigenvalue weighted by Gasteiger charge is -2.11. The maximum absolute atomic E-state index is 11.5. The smallest absolute Gasteiger partial charge is 0.411 e. The van der Waals surface area contributed by atoms with E-state index in [-0.39, 0.29) is 0 Å². The molecular weight excluding hydrogens is 228 g/mol. The van der Waals surface area contributed by atoms with Crippen LogP contribution in [0.2, 0.25) is 0 Å². The van der Waals surface area contributed by atoms with Gasteiger partial charge in [0.2, 0.25) is 0 Å². The van der Waals surface area contributed by atoms with Crippen molar-refractivity contribution in [2.45, 2.75) is 33.2 Å². The summed E-state index contributed by atoms with van der Waals surface area (Å²) in [6.07, 6.45) is 1.77. The lowest BCUT2D eigenvalue weighted by atomic mass is 10.1. The van der Waals surface area contributed by atoms with Crippen molar-refractivity contribution in [1.82, 2.24) is 0 Å². The molecule has 0 fully saturated rings. The van der Waals surface area contributed by atoms with Crippen molar-refractivity contribution in [3.8, 4) is 0 Å². The summed E-state index contributed by atoms with van der Waals surface area (Å²) in [5.74, 6) is 0.403. The van der Waals surface area contributed by atoms with Crippen molar-refractivity contribution >= 4 is 11.8 Å². The Morgan fingerprint density at radius 3 is 2.61 bits per heavy atom. The molecule has 3 N–H and O–H groups in total. The first-order chi connectivity index (χ1) is 8.65. The highest BCUT2D eigenvalue weighted by molar-refractivity contribution is 5.84. The molecule has 1 amide bonds. The summed E-state index contributed by atoms with van der Waals surface area (Å²) in [6, 6.07) is 7.41. The van der Waals surface area contributed by atoms with E-state index in [0.717, 1.165) is 24.1 Å². The number of nitrogens with one attached hydrogen (secondary N) is 1. The fourth-order valence-corrected chi connectivity index (χ4v) is 1.67. The number of benzene rings is 1. The van der Waals surface area contributed by atoms with Crippen molar-refractivity contribution in [2.75, 3.05) is 11.9 Å². The Labute approximate surface area is 109 Å². The Bertz CT molecular complexity index is 363. The monoisotopic (exact) mass is 250 g/mol. The molecule has 1 rings (SSSR count). The van der Waals surface area contributed by atoms with Crippen LogP contribution < -0.4 is 11.1 Å². The molecule has 0 aromatic heterocycles. The third kappa shape index (κ3) is 5.19. The second-order valence-electron chi connectivity index (χ2n) is 4.52. The van der Waals surface area contributed by atoms with Crippen LogP contribution in [-0.4, -0.2) is 12.7 Å². The summed E-state index contributed by atoms with van der Waals surface area (Å²) in [7, 11) is 0. The summed E-state index contributed by atoms with van der Waals surface area (Å²) >= 11 is 0. The van der Waals surface area contributed by atoms with E-state index in [2.05, 4.69) is 19.2 Å². The number of nitrogens with two attached hydrogens (primary N) is 1. The predicted molar refractivity (Wildman–Crippen MR) is 73.4 cm³/mol. The molecule has 1 unspecified atom stereocenters. The molecule has 4 nitrogen and oxygen atoms in total. The molecule has 1 atom stereocenters. The highest BCUT2D eigenvalue weighted by atomic mass is 16.5. The molecule has 0 saturated heterocycles. The number of carbonyl (C=O) groups excluding carboxylic acids is 1. The fraction of sp³-hybridized carbons (Fsp3) is 0.500. The van der Waals surface area contributed by atoms with Gasteiger partial charge in [0.25, 0.3) is 0 Å². The molecule has 4 heteroatoms. The van der Waals surface area contributed by atoms with E-state index in [1.165, 1.54) is 0 Å². The van der Waals surface area contributed by atoms with Crippen LogP contribution in [0.15, 0.2) is 24.3 Å². The van der Waals surface area contributed by atoms with Gasteiger partial charge in [-0.2, -0.15) is 0 Å². The maximum Gasteiger partial charge on any atom is 0.411 e. The van der Waals surface area contributed by atoms with E-state index < -0.39 is 6.09 Å². The summed E-state index contributed by atoms with van der Waals surface area (Å²) in [6.45, 7) is 5.15. The fourth-order valence-electron chi connectivity index (χ4n) is 1.67. The Morgan fingerprint density at radius 2 is 2.06 bits per heavy atom. The molecular formula is C14H22N2O2. The molecule has 0 aliphatic rings. The van der Waals surface area contributed by atoms with Crippen LogP contribution >= 0.6 is 0 Å². The molecule has 0 aliphatic heterocycles. The molecule has 0 heterocycles. The lowest BCUT2D eigenvalue weighted by molar-refractivity contribution is 0.142. The largest absolute Gasteiger partial charge is 0.449 e. The van der Waals surface area contributed by atoms with E-state index in [1.807, 2.05) is 24.3 Å². The highest BCUT2D eigenvalue weighted by Crippen LogP contribution is 2.10. The van der Waals surface area contributed by atoms with Crippen LogP contribution in [0.5, 0.6) is 0 Å². The zero-order chi connectivity index (χ0) is 13.4. The Kier molecular flexibility index (Phi) is 6.22. The van der Waals surface area contributed by atoms with Gasteiger partial charge in [-0.3, -0.25) is 5.32 Å². The number of amides is 1. The lowest BCUT2D eigenvalue weighted by Crippen LogP contribution is -2.17. The summed E-state index contributed by atoms with van der Waals surface area (Å²) in [5, 5.41) is 2.69. The van der Waals surface area contributed by atoms with Gasteiger partial charge in [-0.05, 0) is 30.0 Å².